The summed E-state index contributed by atoms with van der Waals surface area (Å²) in [5.41, 5.74) is 1.37. The normalized spacial score (nSPS) is 12.5. The van der Waals surface area contributed by atoms with E-state index in [1.54, 1.807) is 18.2 Å². The lowest BCUT2D eigenvalue weighted by Gasteiger charge is -2.10. The standard InChI is InChI=1S/C10H16BNO3/c1-2-10(13)12-7-8-4-3-5-9(6-8)11(14)15/h3-6,10,12-15H,2,7H2,1H3. The van der Waals surface area contributed by atoms with E-state index in [1.807, 2.05) is 13.0 Å². The number of hydrogen-bond donors (Lipinski definition) is 4. The lowest BCUT2D eigenvalue weighted by Crippen LogP contribution is -2.31. The second kappa shape index (κ2) is 5.87. The summed E-state index contributed by atoms with van der Waals surface area (Å²) in [4.78, 5) is 0. The summed E-state index contributed by atoms with van der Waals surface area (Å²) in [6, 6.07) is 6.95. The van der Waals surface area contributed by atoms with Gasteiger partial charge in [-0.2, -0.15) is 0 Å². The Labute approximate surface area is 89.7 Å². The summed E-state index contributed by atoms with van der Waals surface area (Å²) in [6.07, 6.45) is 0.121. The Morgan fingerprint density at radius 1 is 1.40 bits per heavy atom. The Bertz CT molecular complexity index is 306. The van der Waals surface area contributed by atoms with Crippen LogP contribution in [0.3, 0.4) is 0 Å². The van der Waals surface area contributed by atoms with Crippen molar-refractivity contribution in [3.05, 3.63) is 29.8 Å². The number of aliphatic hydroxyl groups is 1. The zero-order valence-corrected chi connectivity index (χ0v) is 8.72. The molecule has 1 atom stereocenters. The average Bonchev–Trinajstić information content (AvgIpc) is 2.26. The van der Waals surface area contributed by atoms with Crippen LogP contribution in [0.1, 0.15) is 18.9 Å². The van der Waals surface area contributed by atoms with E-state index in [0.29, 0.717) is 18.4 Å². The molecule has 5 heteroatoms. The molecule has 0 amide bonds. The zero-order valence-electron chi connectivity index (χ0n) is 8.72. The van der Waals surface area contributed by atoms with Crippen LogP contribution in [0.15, 0.2) is 24.3 Å². The SMILES string of the molecule is CCC(O)NCc1cccc(B(O)O)c1. The first-order valence-corrected chi connectivity index (χ1v) is 5.00. The molecular weight excluding hydrogens is 193 g/mol. The van der Waals surface area contributed by atoms with E-state index < -0.39 is 13.3 Å². The lowest BCUT2D eigenvalue weighted by molar-refractivity contribution is 0.131. The third-order valence-electron chi connectivity index (χ3n) is 2.18. The highest BCUT2D eigenvalue weighted by molar-refractivity contribution is 6.58. The van der Waals surface area contributed by atoms with Gasteiger partial charge in [0.1, 0.15) is 6.23 Å². The molecule has 0 aromatic heterocycles. The maximum atomic E-state index is 9.29. The van der Waals surface area contributed by atoms with Gasteiger partial charge in [-0.1, -0.05) is 31.2 Å². The predicted molar refractivity (Wildman–Crippen MR) is 59.4 cm³/mol. The van der Waals surface area contributed by atoms with Crippen LogP contribution in [0.2, 0.25) is 0 Å². The van der Waals surface area contributed by atoms with Crippen LogP contribution in [-0.2, 0) is 6.54 Å². The molecule has 1 rings (SSSR count). The molecule has 0 saturated heterocycles. The van der Waals surface area contributed by atoms with E-state index in [9.17, 15) is 5.11 Å². The molecule has 82 valence electrons. The molecule has 0 heterocycles. The quantitative estimate of drug-likeness (QED) is 0.378. The van der Waals surface area contributed by atoms with Crippen LogP contribution in [0.25, 0.3) is 0 Å². The molecule has 1 aromatic rings. The molecule has 0 radical (unpaired) electrons. The first-order chi connectivity index (χ1) is 7.13. The van der Waals surface area contributed by atoms with Crippen LogP contribution in [0, 0.1) is 0 Å². The topological polar surface area (TPSA) is 72.7 Å². The Hall–Kier alpha value is -0.875. The minimum Gasteiger partial charge on any atom is -0.423 e. The number of nitrogens with one attached hydrogen (secondary N) is 1. The average molecular weight is 209 g/mol. The van der Waals surface area contributed by atoms with Gasteiger partial charge < -0.3 is 15.2 Å². The van der Waals surface area contributed by atoms with E-state index in [4.69, 9.17) is 10.0 Å². The van der Waals surface area contributed by atoms with Gasteiger partial charge in [0.05, 0.1) is 0 Å². The van der Waals surface area contributed by atoms with Crippen LogP contribution >= 0.6 is 0 Å². The summed E-state index contributed by atoms with van der Waals surface area (Å²) in [5.74, 6) is 0. The third-order valence-corrected chi connectivity index (χ3v) is 2.18. The smallest absolute Gasteiger partial charge is 0.423 e. The largest absolute Gasteiger partial charge is 0.488 e. The van der Waals surface area contributed by atoms with Crippen molar-refractivity contribution in [2.24, 2.45) is 0 Å². The fraction of sp³-hybridized carbons (Fsp3) is 0.400. The minimum atomic E-state index is -1.44. The van der Waals surface area contributed by atoms with Gasteiger partial charge in [-0.15, -0.1) is 0 Å². The first-order valence-electron chi connectivity index (χ1n) is 5.00. The van der Waals surface area contributed by atoms with Gasteiger partial charge in [0, 0.05) is 6.54 Å². The van der Waals surface area contributed by atoms with Gasteiger partial charge >= 0.3 is 7.12 Å². The molecule has 0 aliphatic carbocycles. The molecule has 0 bridgehead atoms. The van der Waals surface area contributed by atoms with E-state index in [2.05, 4.69) is 5.32 Å². The molecule has 0 aliphatic rings. The number of benzene rings is 1. The molecule has 0 spiro atoms. The van der Waals surface area contributed by atoms with Crippen molar-refractivity contribution < 1.29 is 15.2 Å². The molecule has 15 heavy (non-hydrogen) atoms. The van der Waals surface area contributed by atoms with Gasteiger partial charge in [-0.25, -0.2) is 0 Å². The van der Waals surface area contributed by atoms with Crippen LogP contribution in [0.4, 0.5) is 0 Å². The number of aliphatic hydroxyl groups excluding tert-OH is 1. The van der Waals surface area contributed by atoms with E-state index in [0.717, 1.165) is 5.56 Å². The molecule has 0 aliphatic heterocycles. The Kier molecular flexibility index (Phi) is 4.78. The van der Waals surface area contributed by atoms with Crippen LogP contribution in [-0.4, -0.2) is 28.5 Å². The molecule has 1 unspecified atom stereocenters. The summed E-state index contributed by atoms with van der Waals surface area (Å²) < 4.78 is 0. The van der Waals surface area contributed by atoms with Gasteiger partial charge in [0.2, 0.25) is 0 Å². The molecule has 4 nitrogen and oxygen atoms in total. The van der Waals surface area contributed by atoms with E-state index in [1.165, 1.54) is 0 Å². The van der Waals surface area contributed by atoms with Crippen molar-refractivity contribution in [2.45, 2.75) is 26.1 Å². The predicted octanol–water partition coefficient (Wildman–Crippen LogP) is -0.816. The van der Waals surface area contributed by atoms with Gasteiger partial charge in [-0.3, -0.25) is 5.32 Å². The van der Waals surface area contributed by atoms with Gasteiger partial charge in [0.25, 0.3) is 0 Å². The fourth-order valence-electron chi connectivity index (χ4n) is 1.24. The zero-order chi connectivity index (χ0) is 11.3. The summed E-state index contributed by atoms with van der Waals surface area (Å²) in [5, 5.41) is 30.1. The van der Waals surface area contributed by atoms with Crippen molar-refractivity contribution in [1.82, 2.24) is 5.32 Å². The van der Waals surface area contributed by atoms with Crippen LogP contribution < -0.4 is 10.8 Å². The van der Waals surface area contributed by atoms with Crippen molar-refractivity contribution >= 4 is 12.6 Å². The lowest BCUT2D eigenvalue weighted by atomic mass is 9.79. The molecule has 4 N–H and O–H groups in total. The molecule has 1 aromatic carbocycles. The highest BCUT2D eigenvalue weighted by Gasteiger charge is 2.10. The number of hydrogen-bond acceptors (Lipinski definition) is 4. The third kappa shape index (κ3) is 4.01. The molecular formula is C10H16BNO3. The maximum absolute atomic E-state index is 9.29. The molecule has 0 saturated carbocycles. The number of rotatable bonds is 5. The van der Waals surface area contributed by atoms with Gasteiger partial charge in [0.15, 0.2) is 0 Å². The second-order valence-corrected chi connectivity index (χ2v) is 3.42. The minimum absolute atomic E-state index is 0.459. The van der Waals surface area contributed by atoms with Crippen molar-refractivity contribution in [3.63, 3.8) is 0 Å². The Morgan fingerprint density at radius 3 is 2.73 bits per heavy atom. The van der Waals surface area contributed by atoms with Crippen LogP contribution in [0.5, 0.6) is 0 Å². The Balaban J connectivity index is 2.58. The first kappa shape index (κ1) is 12.2. The molecule has 0 fully saturated rings. The second-order valence-electron chi connectivity index (χ2n) is 3.42. The highest BCUT2D eigenvalue weighted by atomic mass is 16.4. The van der Waals surface area contributed by atoms with Gasteiger partial charge in [-0.05, 0) is 17.4 Å². The summed E-state index contributed by atoms with van der Waals surface area (Å²) in [6.45, 7) is 2.39. The Morgan fingerprint density at radius 2 is 2.13 bits per heavy atom. The summed E-state index contributed by atoms with van der Waals surface area (Å²) in [7, 11) is -1.44. The maximum Gasteiger partial charge on any atom is 0.488 e. The van der Waals surface area contributed by atoms with Crippen molar-refractivity contribution in [1.29, 1.82) is 0 Å². The van der Waals surface area contributed by atoms with Crippen molar-refractivity contribution in [2.75, 3.05) is 0 Å². The van der Waals surface area contributed by atoms with E-state index >= 15 is 0 Å². The highest BCUT2D eigenvalue weighted by Crippen LogP contribution is 1.98. The van der Waals surface area contributed by atoms with Crippen molar-refractivity contribution in [3.8, 4) is 0 Å². The monoisotopic (exact) mass is 209 g/mol. The summed E-state index contributed by atoms with van der Waals surface area (Å²) >= 11 is 0. The fourth-order valence-corrected chi connectivity index (χ4v) is 1.24. The van der Waals surface area contributed by atoms with E-state index in [-0.39, 0.29) is 0 Å².